The highest BCUT2D eigenvalue weighted by Crippen LogP contribution is 2.06. The Kier molecular flexibility index (Phi) is 17.4. The van der Waals surface area contributed by atoms with Gasteiger partial charge in [-0.25, -0.2) is 9.59 Å². The molecular weight excluding hydrogens is 318 g/mol. The molecule has 0 rings (SSSR count). The lowest BCUT2D eigenvalue weighted by atomic mass is 10.1. The smallest absolute Gasteiger partial charge is 0.327 e. The first kappa shape index (κ1) is 23.8. The average Bonchev–Trinajstić information content (AvgIpc) is 2.47. The van der Waals surface area contributed by atoms with Crippen LogP contribution in [-0.2, 0) is 14.4 Å². The molecule has 0 bridgehead atoms. The predicted octanol–water partition coefficient (Wildman–Crippen LogP) is 2.88. The molecule has 3 N–H and O–H groups in total. The van der Waals surface area contributed by atoms with Gasteiger partial charge in [-0.05, 0) is 12.8 Å². The molecule has 0 aliphatic rings. The predicted molar refractivity (Wildman–Crippen MR) is 93.9 cm³/mol. The van der Waals surface area contributed by atoms with E-state index in [-0.39, 0.29) is 11.7 Å². The maximum atomic E-state index is 10.3. The number of unbranched alkanes of at least 4 members (excludes halogenated alkanes) is 6. The largest absolute Gasteiger partial charge is 0.480 e. The molecule has 0 aromatic rings. The number of aliphatic carboxylic acids is 2. The van der Waals surface area contributed by atoms with E-state index in [1.165, 1.54) is 45.1 Å². The first-order valence-electron chi connectivity index (χ1n) is 7.85. The molecule has 7 heteroatoms. The Labute approximate surface area is 143 Å². The Hall–Kier alpha value is -1.50. The Bertz CT molecular complexity index is 371. The van der Waals surface area contributed by atoms with Crippen molar-refractivity contribution in [3.05, 3.63) is 12.2 Å². The van der Waals surface area contributed by atoms with Crippen LogP contribution in [0.5, 0.6) is 0 Å². The van der Waals surface area contributed by atoms with Gasteiger partial charge in [0.1, 0.15) is 6.04 Å². The third kappa shape index (κ3) is 20.5. The quantitative estimate of drug-likeness (QED) is 0.261. The average molecular weight is 347 g/mol. The van der Waals surface area contributed by atoms with Gasteiger partial charge >= 0.3 is 11.9 Å². The number of amides is 1. The van der Waals surface area contributed by atoms with Gasteiger partial charge in [0.05, 0.1) is 0 Å². The van der Waals surface area contributed by atoms with E-state index in [0.717, 1.165) is 12.8 Å². The van der Waals surface area contributed by atoms with Crippen LogP contribution in [0.2, 0.25) is 0 Å². The second kappa shape index (κ2) is 16.9. The van der Waals surface area contributed by atoms with Crippen molar-refractivity contribution in [3.8, 4) is 0 Å². The van der Waals surface area contributed by atoms with Gasteiger partial charge in [-0.1, -0.05) is 45.1 Å². The van der Waals surface area contributed by atoms with Crippen LogP contribution in [0.25, 0.3) is 0 Å². The van der Waals surface area contributed by atoms with Crippen LogP contribution in [-0.4, -0.2) is 39.9 Å². The van der Waals surface area contributed by atoms with Gasteiger partial charge < -0.3 is 15.5 Å². The van der Waals surface area contributed by atoms with Gasteiger partial charge in [0, 0.05) is 18.8 Å². The lowest BCUT2D eigenvalue weighted by Crippen LogP contribution is -2.40. The summed E-state index contributed by atoms with van der Waals surface area (Å²) in [5, 5.41) is 18.9. The zero-order valence-electron chi connectivity index (χ0n) is 14.0. The van der Waals surface area contributed by atoms with E-state index in [0.29, 0.717) is 0 Å². The molecule has 0 unspecified atom stereocenters. The lowest BCUT2D eigenvalue weighted by molar-refractivity contribution is -0.140. The number of hydrogen-bond donors (Lipinski definition) is 4. The Morgan fingerprint density at radius 3 is 2.04 bits per heavy atom. The molecule has 6 nitrogen and oxygen atoms in total. The zero-order chi connectivity index (χ0) is 18.1. The molecule has 0 heterocycles. The van der Waals surface area contributed by atoms with Crippen LogP contribution in [0, 0.1) is 0 Å². The highest BCUT2D eigenvalue weighted by molar-refractivity contribution is 7.80. The molecule has 0 radical (unpaired) electrons. The molecule has 0 aliphatic heterocycles. The molecule has 0 aromatic carbocycles. The first-order valence-corrected chi connectivity index (χ1v) is 8.48. The molecule has 0 saturated heterocycles. The summed E-state index contributed by atoms with van der Waals surface area (Å²) in [4.78, 5) is 30.6. The van der Waals surface area contributed by atoms with E-state index >= 15 is 0 Å². The topological polar surface area (TPSA) is 104 Å². The standard InChI is InChI=1S/C11H20O2.C5H9NO3S/c1-2-3-4-5-6-7-8-9-10-11(12)13;1-3(7)6-4(2-10)5(8)9/h9-10H,2-8H2,1H3,(H,12,13);4,10H,2H2,1H3,(H,6,7)(H,8,9)/t;4-/m.0/s1. The molecule has 0 aliphatic carbocycles. The highest BCUT2D eigenvalue weighted by Gasteiger charge is 2.15. The van der Waals surface area contributed by atoms with Crippen molar-refractivity contribution in [1.29, 1.82) is 0 Å². The SMILES string of the molecule is CC(=O)N[C@@H](CS)C(=O)O.CCCCCCCCC=CC(=O)O. The molecular formula is C16H29NO5S. The number of thiol groups is 1. The molecule has 134 valence electrons. The number of allylic oxidation sites excluding steroid dienone is 1. The molecule has 1 amide bonds. The van der Waals surface area contributed by atoms with Crippen molar-refractivity contribution in [1.82, 2.24) is 5.32 Å². The molecule has 0 spiro atoms. The summed E-state index contributed by atoms with van der Waals surface area (Å²) < 4.78 is 0. The minimum atomic E-state index is -1.06. The summed E-state index contributed by atoms with van der Waals surface area (Å²) >= 11 is 3.73. The summed E-state index contributed by atoms with van der Waals surface area (Å²) in [5.74, 6) is -2.16. The Balaban J connectivity index is 0. The summed E-state index contributed by atoms with van der Waals surface area (Å²) in [7, 11) is 0. The van der Waals surface area contributed by atoms with E-state index in [2.05, 4.69) is 24.9 Å². The van der Waals surface area contributed by atoms with Gasteiger partial charge in [0.2, 0.25) is 5.91 Å². The van der Waals surface area contributed by atoms with Crippen molar-refractivity contribution >= 4 is 30.5 Å². The van der Waals surface area contributed by atoms with Crippen LogP contribution >= 0.6 is 12.6 Å². The van der Waals surface area contributed by atoms with Gasteiger partial charge in [-0.3, -0.25) is 4.79 Å². The monoisotopic (exact) mass is 347 g/mol. The van der Waals surface area contributed by atoms with Crippen LogP contribution in [0.3, 0.4) is 0 Å². The first-order chi connectivity index (χ1) is 10.8. The van der Waals surface area contributed by atoms with Crippen LogP contribution in [0.4, 0.5) is 0 Å². The van der Waals surface area contributed by atoms with Crippen molar-refractivity contribution in [2.45, 2.75) is 64.8 Å². The van der Waals surface area contributed by atoms with E-state index in [4.69, 9.17) is 10.2 Å². The van der Waals surface area contributed by atoms with E-state index < -0.39 is 18.0 Å². The van der Waals surface area contributed by atoms with Crippen LogP contribution < -0.4 is 5.32 Å². The molecule has 0 aromatic heterocycles. The number of carboxylic acid groups (broad SMARTS) is 2. The summed E-state index contributed by atoms with van der Waals surface area (Å²) in [6.07, 6.45) is 11.4. The van der Waals surface area contributed by atoms with Gasteiger partial charge in [0.25, 0.3) is 0 Å². The summed E-state index contributed by atoms with van der Waals surface area (Å²) in [6, 6.07) is -0.874. The maximum Gasteiger partial charge on any atom is 0.327 e. The number of rotatable bonds is 11. The number of hydrogen-bond acceptors (Lipinski definition) is 4. The summed E-state index contributed by atoms with van der Waals surface area (Å²) in [6.45, 7) is 3.47. The third-order valence-electron chi connectivity index (χ3n) is 2.84. The van der Waals surface area contributed by atoms with E-state index in [1.54, 1.807) is 6.08 Å². The Morgan fingerprint density at radius 1 is 1.09 bits per heavy atom. The number of nitrogens with one attached hydrogen (secondary N) is 1. The van der Waals surface area contributed by atoms with Gasteiger partial charge in [-0.15, -0.1) is 0 Å². The number of carbonyl (C=O) groups is 3. The minimum absolute atomic E-state index is 0.106. The number of carboxylic acids is 2. The van der Waals surface area contributed by atoms with E-state index in [9.17, 15) is 14.4 Å². The highest BCUT2D eigenvalue weighted by atomic mass is 32.1. The van der Waals surface area contributed by atoms with Crippen LogP contribution in [0.1, 0.15) is 58.8 Å². The second-order valence-corrected chi connectivity index (χ2v) is 5.44. The lowest BCUT2D eigenvalue weighted by Gasteiger charge is -2.08. The van der Waals surface area contributed by atoms with Gasteiger partial charge in [-0.2, -0.15) is 12.6 Å². The van der Waals surface area contributed by atoms with Crippen molar-refractivity contribution in [2.75, 3.05) is 5.75 Å². The second-order valence-electron chi connectivity index (χ2n) is 5.07. The van der Waals surface area contributed by atoms with Crippen molar-refractivity contribution < 1.29 is 24.6 Å². The van der Waals surface area contributed by atoms with E-state index in [1.807, 2.05) is 0 Å². The van der Waals surface area contributed by atoms with Crippen LogP contribution in [0.15, 0.2) is 12.2 Å². The zero-order valence-corrected chi connectivity index (χ0v) is 14.8. The maximum absolute atomic E-state index is 10.3. The normalized spacial score (nSPS) is 11.4. The van der Waals surface area contributed by atoms with Crippen molar-refractivity contribution in [3.63, 3.8) is 0 Å². The number of carbonyl (C=O) groups excluding carboxylic acids is 1. The third-order valence-corrected chi connectivity index (χ3v) is 3.21. The molecule has 0 saturated carbocycles. The molecule has 0 fully saturated rings. The van der Waals surface area contributed by atoms with Gasteiger partial charge in [0.15, 0.2) is 0 Å². The fraction of sp³-hybridized carbons (Fsp3) is 0.688. The molecule has 23 heavy (non-hydrogen) atoms. The summed E-state index contributed by atoms with van der Waals surface area (Å²) in [5.41, 5.74) is 0. The molecule has 1 atom stereocenters. The fourth-order valence-electron chi connectivity index (χ4n) is 1.66. The fourth-order valence-corrected chi connectivity index (χ4v) is 1.90. The van der Waals surface area contributed by atoms with Crippen molar-refractivity contribution in [2.24, 2.45) is 0 Å². The minimum Gasteiger partial charge on any atom is -0.480 e. The Morgan fingerprint density at radius 2 is 1.65 bits per heavy atom.